The number of hydrogen-bond donors (Lipinski definition) is 0. The summed E-state index contributed by atoms with van der Waals surface area (Å²) < 4.78 is 5.02. The Labute approximate surface area is 77.0 Å². The molecule has 1 heterocycles. The lowest BCUT2D eigenvalue weighted by molar-refractivity contribution is -0.151. The van der Waals surface area contributed by atoms with Crippen molar-refractivity contribution in [3.8, 4) is 0 Å². The third kappa shape index (κ3) is 2.24. The predicted octanol–water partition coefficient (Wildman–Crippen LogP) is 1.32. The zero-order chi connectivity index (χ0) is 9.90. The van der Waals surface area contributed by atoms with E-state index in [-0.39, 0.29) is 0 Å². The third-order valence-corrected chi connectivity index (χ3v) is 1.70. The van der Waals surface area contributed by atoms with Crippen LogP contribution in [0.3, 0.4) is 0 Å². The molecule has 0 unspecified atom stereocenters. The van der Waals surface area contributed by atoms with Crippen LogP contribution in [0.4, 0.5) is 0 Å². The first-order chi connectivity index (χ1) is 6.07. The number of hydrogen-bond acceptors (Lipinski definition) is 4. The van der Waals surface area contributed by atoms with Gasteiger partial charge in [-0.3, -0.25) is 0 Å². The molecule has 1 rings (SSSR count). The molecule has 0 N–H and O–H groups in total. The zero-order valence-electron chi connectivity index (χ0n) is 7.78. The van der Waals surface area contributed by atoms with E-state index in [2.05, 4.69) is 16.6 Å². The highest BCUT2D eigenvalue weighted by Gasteiger charge is 2.28. The molecule has 0 saturated carbocycles. The predicted molar refractivity (Wildman–Crippen MR) is 50.9 cm³/mol. The van der Waals surface area contributed by atoms with Gasteiger partial charge in [-0.2, -0.15) is 0 Å². The minimum Gasteiger partial charge on any atom is -0.413 e. The summed E-state index contributed by atoms with van der Waals surface area (Å²) in [4.78, 5) is 19.1. The van der Waals surface area contributed by atoms with E-state index in [0.29, 0.717) is 12.0 Å². The Bertz CT molecular complexity index is 280. The Morgan fingerprint density at radius 2 is 2.08 bits per heavy atom. The quantitative estimate of drug-likeness (QED) is 0.486. The minimum absolute atomic E-state index is 0.429. The molecule has 0 aliphatic carbocycles. The van der Waals surface area contributed by atoms with Crippen molar-refractivity contribution in [3.63, 3.8) is 0 Å². The van der Waals surface area contributed by atoms with Crippen molar-refractivity contribution in [1.29, 1.82) is 0 Å². The summed E-state index contributed by atoms with van der Waals surface area (Å²) in [6, 6.07) is 0. The van der Waals surface area contributed by atoms with E-state index in [1.54, 1.807) is 6.92 Å². The first-order valence-corrected chi connectivity index (χ1v) is 4.07. The second kappa shape index (κ2) is 3.51. The van der Waals surface area contributed by atoms with Crippen LogP contribution < -0.4 is 0 Å². The molecule has 4 nitrogen and oxygen atoms in total. The van der Waals surface area contributed by atoms with Gasteiger partial charge in [-0.05, 0) is 6.42 Å². The number of rotatable bonds is 3. The summed E-state index contributed by atoms with van der Waals surface area (Å²) in [6.45, 7) is 7.03. The van der Waals surface area contributed by atoms with Gasteiger partial charge in [0.15, 0.2) is 0 Å². The lowest BCUT2D eigenvalue weighted by Crippen LogP contribution is -2.26. The Hall–Kier alpha value is -1.45. The van der Waals surface area contributed by atoms with Crippen molar-refractivity contribution < 1.29 is 9.53 Å². The normalized spacial score (nSPS) is 17.4. The zero-order valence-corrected chi connectivity index (χ0v) is 7.78. The van der Waals surface area contributed by atoms with Crippen molar-refractivity contribution in [2.24, 2.45) is 9.98 Å². The largest absolute Gasteiger partial charge is 0.413 e. The molecular formula is C9H12N2O2. The molecule has 0 bridgehead atoms. The lowest BCUT2D eigenvalue weighted by atomic mass is 10.2. The van der Waals surface area contributed by atoms with Crippen molar-refractivity contribution in [2.45, 2.75) is 26.1 Å². The summed E-state index contributed by atoms with van der Waals surface area (Å²) in [5, 5.41) is 0. The number of carbonyl (C=O) groups is 1. The number of ether oxygens (including phenoxy) is 1. The maximum atomic E-state index is 11.3. The molecule has 0 amide bonds. The van der Waals surface area contributed by atoms with Crippen LogP contribution in [0.1, 0.15) is 20.3 Å². The van der Waals surface area contributed by atoms with Crippen molar-refractivity contribution in [2.75, 3.05) is 0 Å². The Morgan fingerprint density at radius 3 is 2.54 bits per heavy atom. The van der Waals surface area contributed by atoms with Crippen LogP contribution in [0.2, 0.25) is 0 Å². The average Bonchev–Trinajstić information content (AvgIpc) is 2.50. The van der Waals surface area contributed by atoms with E-state index in [0.717, 1.165) is 0 Å². The number of aliphatic imine (C=N–C) groups is 2. The van der Waals surface area contributed by atoms with E-state index in [4.69, 9.17) is 4.74 Å². The topological polar surface area (TPSA) is 51.0 Å². The third-order valence-electron chi connectivity index (χ3n) is 1.70. The molecule has 0 saturated heterocycles. The van der Waals surface area contributed by atoms with E-state index in [1.165, 1.54) is 12.4 Å². The van der Waals surface area contributed by atoms with Crippen molar-refractivity contribution >= 4 is 18.4 Å². The van der Waals surface area contributed by atoms with Crippen LogP contribution >= 0.6 is 0 Å². The van der Waals surface area contributed by atoms with E-state index >= 15 is 0 Å². The number of carbonyl (C=O) groups excluding carboxylic acids is 1. The number of nitrogens with zero attached hydrogens (tertiary/aromatic N) is 2. The molecule has 1 aliphatic rings. The van der Waals surface area contributed by atoms with Gasteiger partial charge in [0.2, 0.25) is 0 Å². The number of esters is 1. The summed E-state index contributed by atoms with van der Waals surface area (Å²) in [6.07, 6.45) is 3.58. The standard InChI is InChI=1S/C9H12N2O2/c1-4-7(2)8(12)13-9(3)10-5-6-11-9/h5-6H,2,4H2,1,3H3. The van der Waals surface area contributed by atoms with Crippen molar-refractivity contribution in [1.82, 2.24) is 0 Å². The Morgan fingerprint density at radius 1 is 1.54 bits per heavy atom. The molecule has 13 heavy (non-hydrogen) atoms. The SMILES string of the molecule is C=C(CC)C(=O)OC1(C)N=CC=N1. The van der Waals surface area contributed by atoms with Crippen LogP contribution in [0.15, 0.2) is 22.1 Å². The fourth-order valence-electron chi connectivity index (χ4n) is 0.821. The van der Waals surface area contributed by atoms with Gasteiger partial charge in [0.1, 0.15) is 0 Å². The first-order valence-electron chi connectivity index (χ1n) is 4.07. The van der Waals surface area contributed by atoms with Crippen LogP contribution in [0.5, 0.6) is 0 Å². The minimum atomic E-state index is -1.07. The molecule has 0 radical (unpaired) electrons. The lowest BCUT2D eigenvalue weighted by Gasteiger charge is -2.17. The van der Waals surface area contributed by atoms with Crippen molar-refractivity contribution in [3.05, 3.63) is 12.2 Å². The van der Waals surface area contributed by atoms with E-state index in [9.17, 15) is 4.79 Å². The Balaban J connectivity index is 2.59. The second-order valence-corrected chi connectivity index (χ2v) is 2.84. The van der Waals surface area contributed by atoms with Crippen LogP contribution in [0, 0.1) is 0 Å². The van der Waals surface area contributed by atoms with Gasteiger partial charge in [-0.15, -0.1) is 0 Å². The maximum Gasteiger partial charge on any atom is 0.336 e. The van der Waals surface area contributed by atoms with Gasteiger partial charge < -0.3 is 4.74 Å². The summed E-state index contributed by atoms with van der Waals surface area (Å²) in [5.41, 5.74) is 0.429. The highest BCUT2D eigenvalue weighted by atomic mass is 16.6. The summed E-state index contributed by atoms with van der Waals surface area (Å²) in [5.74, 6) is -1.52. The molecular weight excluding hydrogens is 168 g/mol. The van der Waals surface area contributed by atoms with E-state index < -0.39 is 11.8 Å². The van der Waals surface area contributed by atoms with E-state index in [1.807, 2.05) is 6.92 Å². The molecule has 0 fully saturated rings. The molecule has 1 aliphatic heterocycles. The molecule has 4 heteroatoms. The molecule has 0 atom stereocenters. The monoisotopic (exact) mass is 180 g/mol. The van der Waals surface area contributed by atoms with Gasteiger partial charge in [-0.1, -0.05) is 13.5 Å². The highest BCUT2D eigenvalue weighted by molar-refractivity contribution is 6.17. The fourth-order valence-corrected chi connectivity index (χ4v) is 0.821. The van der Waals surface area contributed by atoms with Crippen LogP contribution in [0.25, 0.3) is 0 Å². The van der Waals surface area contributed by atoms with Gasteiger partial charge in [-0.25, -0.2) is 14.8 Å². The fraction of sp³-hybridized carbons (Fsp3) is 0.444. The Kier molecular flexibility index (Phi) is 2.60. The van der Waals surface area contributed by atoms with Gasteiger partial charge >= 0.3 is 5.97 Å². The summed E-state index contributed by atoms with van der Waals surface area (Å²) in [7, 11) is 0. The molecule has 70 valence electrons. The van der Waals surface area contributed by atoms with Gasteiger partial charge in [0.25, 0.3) is 5.85 Å². The van der Waals surface area contributed by atoms with Crippen LogP contribution in [-0.2, 0) is 9.53 Å². The maximum absolute atomic E-state index is 11.3. The highest BCUT2D eigenvalue weighted by Crippen LogP contribution is 2.18. The van der Waals surface area contributed by atoms with Gasteiger partial charge in [0.05, 0.1) is 0 Å². The molecule has 0 aromatic rings. The smallest absolute Gasteiger partial charge is 0.336 e. The molecule has 0 spiro atoms. The molecule has 0 aromatic heterocycles. The second-order valence-electron chi connectivity index (χ2n) is 2.84. The van der Waals surface area contributed by atoms with Crippen LogP contribution in [-0.4, -0.2) is 24.2 Å². The first kappa shape index (κ1) is 9.64. The summed E-state index contributed by atoms with van der Waals surface area (Å²) >= 11 is 0. The molecule has 0 aromatic carbocycles. The van der Waals surface area contributed by atoms with Gasteiger partial charge in [0, 0.05) is 24.9 Å². The average molecular weight is 180 g/mol.